The Morgan fingerprint density at radius 3 is 2.60 bits per heavy atom. The maximum absolute atomic E-state index is 5.86. The van der Waals surface area contributed by atoms with Crippen molar-refractivity contribution in [1.29, 1.82) is 0 Å². The van der Waals surface area contributed by atoms with Crippen LogP contribution in [-0.4, -0.2) is 49.6 Å². The minimum atomic E-state index is 0.677. The van der Waals surface area contributed by atoms with Gasteiger partial charge in [0.05, 0.1) is 6.54 Å². The van der Waals surface area contributed by atoms with Crippen molar-refractivity contribution >= 4 is 0 Å². The van der Waals surface area contributed by atoms with E-state index in [1.165, 1.54) is 18.7 Å². The smallest absolute Gasteiger partial charge is 0.118 e. The molecule has 1 aliphatic rings. The summed E-state index contributed by atoms with van der Waals surface area (Å²) in [6, 6.07) is 2.22. The molecule has 4 heteroatoms. The lowest BCUT2D eigenvalue weighted by atomic mass is 10.2. The van der Waals surface area contributed by atoms with Crippen molar-refractivity contribution in [1.82, 2.24) is 15.1 Å². The summed E-state index contributed by atoms with van der Waals surface area (Å²) in [6.45, 7) is 14.1. The first kappa shape index (κ1) is 15.5. The number of hydrogen-bond donors (Lipinski definition) is 1. The zero-order valence-electron chi connectivity index (χ0n) is 13.4. The second-order valence-corrected chi connectivity index (χ2v) is 6.40. The minimum absolute atomic E-state index is 0.677. The van der Waals surface area contributed by atoms with Crippen LogP contribution in [0.3, 0.4) is 0 Å². The Hall–Kier alpha value is -0.840. The lowest BCUT2D eigenvalue weighted by Gasteiger charge is -2.32. The molecule has 1 fully saturated rings. The molecule has 0 unspecified atom stereocenters. The molecule has 4 nitrogen and oxygen atoms in total. The number of piperazine rings is 1. The number of furan rings is 1. The molecule has 2 rings (SSSR count). The van der Waals surface area contributed by atoms with Crippen LogP contribution in [0.2, 0.25) is 0 Å². The van der Waals surface area contributed by atoms with Crippen molar-refractivity contribution in [3.63, 3.8) is 0 Å². The monoisotopic (exact) mass is 279 g/mol. The first-order valence-corrected chi connectivity index (χ1v) is 7.74. The summed E-state index contributed by atoms with van der Waals surface area (Å²) in [5.41, 5.74) is 1.34. The van der Waals surface area contributed by atoms with Crippen LogP contribution in [0.15, 0.2) is 10.5 Å². The Morgan fingerprint density at radius 2 is 1.95 bits per heavy atom. The van der Waals surface area contributed by atoms with Gasteiger partial charge in [-0.15, -0.1) is 0 Å². The summed E-state index contributed by atoms with van der Waals surface area (Å²) in [4.78, 5) is 4.91. The summed E-state index contributed by atoms with van der Waals surface area (Å²) < 4.78 is 5.86. The molecule has 1 aromatic rings. The van der Waals surface area contributed by atoms with Crippen LogP contribution < -0.4 is 5.32 Å². The number of nitrogens with zero attached hydrogens (tertiary/aromatic N) is 2. The first-order chi connectivity index (χ1) is 9.54. The molecule has 0 bridgehead atoms. The molecule has 20 heavy (non-hydrogen) atoms. The van der Waals surface area contributed by atoms with Gasteiger partial charge in [-0.05, 0) is 32.5 Å². The van der Waals surface area contributed by atoms with Crippen LogP contribution in [-0.2, 0) is 13.1 Å². The number of likely N-dealkylation sites (N-methyl/N-ethyl adjacent to an activating group) is 1. The Bertz CT molecular complexity index is 406. The highest BCUT2D eigenvalue weighted by Gasteiger charge is 2.16. The predicted molar refractivity (Wildman–Crippen MR) is 82.8 cm³/mol. The van der Waals surface area contributed by atoms with Gasteiger partial charge < -0.3 is 14.6 Å². The second-order valence-electron chi connectivity index (χ2n) is 6.40. The third kappa shape index (κ3) is 4.62. The highest BCUT2D eigenvalue weighted by atomic mass is 16.3. The van der Waals surface area contributed by atoms with E-state index in [9.17, 15) is 0 Å². The topological polar surface area (TPSA) is 31.7 Å². The van der Waals surface area contributed by atoms with Crippen molar-refractivity contribution in [2.75, 3.05) is 39.8 Å². The molecule has 1 saturated heterocycles. The van der Waals surface area contributed by atoms with Crippen LogP contribution in [0.4, 0.5) is 0 Å². The third-order valence-electron chi connectivity index (χ3n) is 3.91. The van der Waals surface area contributed by atoms with E-state index in [4.69, 9.17) is 4.42 Å². The largest absolute Gasteiger partial charge is 0.465 e. The fraction of sp³-hybridized carbons (Fsp3) is 0.750. The molecule has 0 radical (unpaired) electrons. The molecule has 0 atom stereocenters. The zero-order chi connectivity index (χ0) is 14.5. The average molecular weight is 279 g/mol. The Kier molecular flexibility index (Phi) is 5.64. The van der Waals surface area contributed by atoms with E-state index < -0.39 is 0 Å². The second kappa shape index (κ2) is 7.25. The van der Waals surface area contributed by atoms with Crippen molar-refractivity contribution in [3.05, 3.63) is 23.2 Å². The molecule has 0 aliphatic carbocycles. The van der Waals surface area contributed by atoms with Gasteiger partial charge in [-0.1, -0.05) is 13.8 Å². The standard InChI is InChI=1S/C16H29N3O/c1-13(2)10-17-11-16-9-15(14(3)20-16)12-19-7-5-18(4)6-8-19/h9,13,17H,5-8,10-12H2,1-4H3. The highest BCUT2D eigenvalue weighted by Crippen LogP contribution is 2.17. The molecule has 1 N–H and O–H groups in total. The Balaban J connectivity index is 1.84. The molecule has 1 aromatic heterocycles. The van der Waals surface area contributed by atoms with E-state index in [1.54, 1.807) is 0 Å². The van der Waals surface area contributed by atoms with E-state index >= 15 is 0 Å². The quantitative estimate of drug-likeness (QED) is 0.864. The summed E-state index contributed by atoms with van der Waals surface area (Å²) in [5.74, 6) is 2.81. The molecule has 0 spiro atoms. The maximum atomic E-state index is 5.86. The summed E-state index contributed by atoms with van der Waals surface area (Å²) in [7, 11) is 2.19. The zero-order valence-corrected chi connectivity index (χ0v) is 13.4. The van der Waals surface area contributed by atoms with Gasteiger partial charge in [0.25, 0.3) is 0 Å². The number of nitrogens with one attached hydrogen (secondary N) is 1. The summed E-state index contributed by atoms with van der Waals surface area (Å²) in [5, 5.41) is 3.44. The van der Waals surface area contributed by atoms with Crippen LogP contribution in [0.5, 0.6) is 0 Å². The van der Waals surface area contributed by atoms with Gasteiger partial charge in [-0.25, -0.2) is 0 Å². The van der Waals surface area contributed by atoms with E-state index in [0.29, 0.717) is 5.92 Å². The maximum Gasteiger partial charge on any atom is 0.118 e. The van der Waals surface area contributed by atoms with Gasteiger partial charge in [-0.3, -0.25) is 4.90 Å². The SMILES string of the molecule is Cc1oc(CNCC(C)C)cc1CN1CCN(C)CC1. The van der Waals surface area contributed by atoms with E-state index in [0.717, 1.165) is 44.2 Å². The highest BCUT2D eigenvalue weighted by molar-refractivity contribution is 5.20. The van der Waals surface area contributed by atoms with Gasteiger partial charge in [0.15, 0.2) is 0 Å². The molecular weight excluding hydrogens is 250 g/mol. The van der Waals surface area contributed by atoms with Gasteiger partial charge in [-0.2, -0.15) is 0 Å². The molecule has 1 aliphatic heterocycles. The molecule has 0 amide bonds. The van der Waals surface area contributed by atoms with Crippen LogP contribution in [0.1, 0.15) is 30.9 Å². The van der Waals surface area contributed by atoms with Crippen molar-refractivity contribution < 1.29 is 4.42 Å². The predicted octanol–water partition coefficient (Wildman–Crippen LogP) is 2.08. The third-order valence-corrected chi connectivity index (χ3v) is 3.91. The molecular formula is C16H29N3O. The minimum Gasteiger partial charge on any atom is -0.465 e. The summed E-state index contributed by atoms with van der Waals surface area (Å²) >= 11 is 0. The number of aryl methyl sites for hydroxylation is 1. The normalized spacial score (nSPS) is 18.1. The summed E-state index contributed by atoms with van der Waals surface area (Å²) in [6.07, 6.45) is 0. The Labute approximate surface area is 123 Å². The van der Waals surface area contributed by atoms with Crippen molar-refractivity contribution in [3.8, 4) is 0 Å². The molecule has 0 saturated carbocycles. The van der Waals surface area contributed by atoms with Crippen LogP contribution in [0, 0.1) is 12.8 Å². The number of rotatable bonds is 6. The van der Waals surface area contributed by atoms with Gasteiger partial charge in [0.1, 0.15) is 11.5 Å². The van der Waals surface area contributed by atoms with Crippen LogP contribution in [0.25, 0.3) is 0 Å². The average Bonchev–Trinajstić information content (AvgIpc) is 2.72. The fourth-order valence-corrected chi connectivity index (χ4v) is 2.56. The van der Waals surface area contributed by atoms with Gasteiger partial charge in [0.2, 0.25) is 0 Å². The lowest BCUT2D eigenvalue weighted by molar-refractivity contribution is 0.147. The molecule has 114 valence electrons. The van der Waals surface area contributed by atoms with Gasteiger partial charge >= 0.3 is 0 Å². The Morgan fingerprint density at radius 1 is 1.25 bits per heavy atom. The van der Waals surface area contributed by atoms with E-state index in [-0.39, 0.29) is 0 Å². The first-order valence-electron chi connectivity index (χ1n) is 7.74. The molecule has 0 aromatic carbocycles. The van der Waals surface area contributed by atoms with Gasteiger partial charge in [0, 0.05) is 38.3 Å². The van der Waals surface area contributed by atoms with E-state index in [1.807, 2.05) is 0 Å². The van der Waals surface area contributed by atoms with Crippen LogP contribution >= 0.6 is 0 Å². The molecule has 2 heterocycles. The van der Waals surface area contributed by atoms with Crippen molar-refractivity contribution in [2.24, 2.45) is 5.92 Å². The number of hydrogen-bond acceptors (Lipinski definition) is 4. The van der Waals surface area contributed by atoms with E-state index in [2.05, 4.69) is 49.0 Å². The lowest BCUT2D eigenvalue weighted by Crippen LogP contribution is -2.43. The fourth-order valence-electron chi connectivity index (χ4n) is 2.56. The van der Waals surface area contributed by atoms with Crippen molar-refractivity contribution in [2.45, 2.75) is 33.9 Å².